The molecule has 8 nitrogen and oxygen atoms in total. The molecule has 0 unspecified atom stereocenters. The highest BCUT2D eigenvalue weighted by molar-refractivity contribution is 5.97. The minimum atomic E-state index is -0.287. The summed E-state index contributed by atoms with van der Waals surface area (Å²) in [5, 5.41) is 11.6. The molecule has 0 amide bonds. The van der Waals surface area contributed by atoms with Gasteiger partial charge in [-0.05, 0) is 50.2 Å². The molecule has 1 saturated heterocycles. The summed E-state index contributed by atoms with van der Waals surface area (Å²) in [5.41, 5.74) is 5.81. The second kappa shape index (κ2) is 9.35. The number of nitrogens with one attached hydrogen (secondary N) is 3. The fourth-order valence-electron chi connectivity index (χ4n) is 5.03. The third kappa shape index (κ3) is 4.06. The first-order valence-electron chi connectivity index (χ1n) is 12.6. The summed E-state index contributed by atoms with van der Waals surface area (Å²) in [6.07, 6.45) is 7.49. The lowest BCUT2D eigenvalue weighted by Gasteiger charge is -2.23. The highest BCUT2D eigenvalue weighted by atomic mass is 19.1. The summed E-state index contributed by atoms with van der Waals surface area (Å²) in [6, 6.07) is 16.4. The number of aromatic nitrogens is 6. The lowest BCUT2D eigenvalue weighted by Crippen LogP contribution is -2.34. The summed E-state index contributed by atoms with van der Waals surface area (Å²) in [4.78, 5) is 17.2. The summed E-state index contributed by atoms with van der Waals surface area (Å²) in [7, 11) is 0. The zero-order chi connectivity index (χ0) is 25.5. The Kier molecular flexibility index (Phi) is 5.55. The van der Waals surface area contributed by atoms with E-state index >= 15 is 0 Å². The second-order valence-electron chi connectivity index (χ2n) is 9.44. The Morgan fingerprint density at radius 1 is 0.895 bits per heavy atom. The largest absolute Gasteiger partial charge is 0.489 e. The van der Waals surface area contributed by atoms with E-state index in [4.69, 9.17) is 9.72 Å². The van der Waals surface area contributed by atoms with Crippen molar-refractivity contribution in [2.45, 2.75) is 18.9 Å². The zero-order valence-electron chi connectivity index (χ0n) is 20.4. The van der Waals surface area contributed by atoms with Crippen LogP contribution in [-0.4, -0.2) is 49.3 Å². The van der Waals surface area contributed by atoms with Crippen LogP contribution in [0.3, 0.4) is 0 Å². The quantitative estimate of drug-likeness (QED) is 0.286. The summed E-state index contributed by atoms with van der Waals surface area (Å²) < 4.78 is 20.8. The van der Waals surface area contributed by atoms with E-state index in [2.05, 4.69) is 30.5 Å². The Bertz CT molecular complexity index is 1770. The normalized spacial score (nSPS) is 14.3. The molecule has 0 radical (unpaired) electrons. The number of H-pyrrole nitrogens is 2. The smallest absolute Gasteiger partial charge is 0.181 e. The van der Waals surface area contributed by atoms with Crippen molar-refractivity contribution in [1.29, 1.82) is 0 Å². The molecular weight excluding hydrogens is 481 g/mol. The third-order valence-corrected chi connectivity index (χ3v) is 6.96. The molecule has 4 aromatic heterocycles. The predicted octanol–water partition coefficient (Wildman–Crippen LogP) is 5.50. The summed E-state index contributed by atoms with van der Waals surface area (Å²) in [6.45, 7) is 1.93. The van der Waals surface area contributed by atoms with Crippen LogP contribution in [0.15, 0.2) is 73.2 Å². The topological polar surface area (TPSA) is 104 Å². The van der Waals surface area contributed by atoms with E-state index in [1.807, 2.05) is 36.4 Å². The maximum absolute atomic E-state index is 14.6. The van der Waals surface area contributed by atoms with Crippen LogP contribution in [0.1, 0.15) is 12.8 Å². The molecule has 1 aliphatic rings. The number of benzene rings is 2. The molecule has 1 fully saturated rings. The Labute approximate surface area is 217 Å². The lowest BCUT2D eigenvalue weighted by atomic mass is 10.0. The molecule has 6 aromatic rings. The fourth-order valence-corrected chi connectivity index (χ4v) is 5.03. The van der Waals surface area contributed by atoms with Gasteiger partial charge in [-0.3, -0.25) is 10.1 Å². The number of ether oxygens (including phenoxy) is 1. The lowest BCUT2D eigenvalue weighted by molar-refractivity contribution is 0.162. The van der Waals surface area contributed by atoms with Crippen molar-refractivity contribution >= 4 is 22.1 Å². The summed E-state index contributed by atoms with van der Waals surface area (Å²) >= 11 is 0. The number of rotatable bonds is 5. The van der Waals surface area contributed by atoms with E-state index in [-0.39, 0.29) is 11.9 Å². The molecule has 1 aliphatic heterocycles. The number of nitrogens with zero attached hydrogens (tertiary/aromatic N) is 4. The molecule has 5 heterocycles. The van der Waals surface area contributed by atoms with Gasteiger partial charge in [-0.15, -0.1) is 0 Å². The van der Waals surface area contributed by atoms with Crippen molar-refractivity contribution in [1.82, 2.24) is 35.5 Å². The SMILES string of the molecule is Fc1ccccc1-c1cccc2[nH]c(-c3[nH]nc4ncc(-c5cncc(OC6CCNCC6)c5)cc34)nc12. The monoisotopic (exact) mass is 505 g/mol. The molecule has 3 N–H and O–H groups in total. The van der Waals surface area contributed by atoms with Crippen molar-refractivity contribution in [3.05, 3.63) is 79.0 Å². The number of para-hydroxylation sites is 1. The highest BCUT2D eigenvalue weighted by Gasteiger charge is 2.18. The molecule has 188 valence electrons. The van der Waals surface area contributed by atoms with E-state index in [0.717, 1.165) is 59.3 Å². The Morgan fingerprint density at radius 3 is 2.63 bits per heavy atom. The van der Waals surface area contributed by atoms with Crippen LogP contribution in [0, 0.1) is 5.82 Å². The van der Waals surface area contributed by atoms with Crippen molar-refractivity contribution in [3.8, 4) is 39.5 Å². The maximum atomic E-state index is 14.6. The van der Waals surface area contributed by atoms with Gasteiger partial charge in [-0.1, -0.05) is 30.3 Å². The number of halogens is 1. The molecule has 9 heteroatoms. The Hall–Kier alpha value is -4.63. The average molecular weight is 506 g/mol. The van der Waals surface area contributed by atoms with Gasteiger partial charge in [0.15, 0.2) is 11.5 Å². The van der Waals surface area contributed by atoms with Crippen LogP contribution in [0.4, 0.5) is 4.39 Å². The molecule has 0 aliphatic carbocycles. The average Bonchev–Trinajstić information content (AvgIpc) is 3.58. The van der Waals surface area contributed by atoms with Crippen molar-refractivity contribution in [2.24, 2.45) is 0 Å². The van der Waals surface area contributed by atoms with Gasteiger partial charge < -0.3 is 15.0 Å². The van der Waals surface area contributed by atoms with E-state index in [1.165, 1.54) is 6.07 Å². The predicted molar refractivity (Wildman–Crippen MR) is 144 cm³/mol. The van der Waals surface area contributed by atoms with E-state index < -0.39 is 0 Å². The molecule has 7 rings (SSSR count). The maximum Gasteiger partial charge on any atom is 0.181 e. The van der Waals surface area contributed by atoms with Gasteiger partial charge in [0.05, 0.1) is 22.6 Å². The first-order chi connectivity index (χ1) is 18.7. The molecule has 2 aromatic carbocycles. The standard InChI is InChI=1S/C29H24FN7O/c30-24-6-2-1-4-21(24)22-5-3-7-25-26(22)35-29(34-25)27-23-13-18(15-33-28(23)37-36-27)17-12-20(16-32-14-17)38-19-8-10-31-11-9-19/h1-7,12-16,19,31H,8-11H2,(H,34,35)(H,33,36,37). The number of imidazole rings is 1. The van der Waals surface area contributed by atoms with Gasteiger partial charge in [0.1, 0.15) is 23.4 Å². The van der Waals surface area contributed by atoms with E-state index in [0.29, 0.717) is 28.2 Å². The summed E-state index contributed by atoms with van der Waals surface area (Å²) in [5.74, 6) is 1.07. The first-order valence-corrected chi connectivity index (χ1v) is 12.6. The van der Waals surface area contributed by atoms with Crippen molar-refractivity contribution in [3.63, 3.8) is 0 Å². The van der Waals surface area contributed by atoms with Gasteiger partial charge in [-0.2, -0.15) is 5.10 Å². The molecule has 0 saturated carbocycles. The van der Waals surface area contributed by atoms with Gasteiger partial charge in [0.2, 0.25) is 0 Å². The third-order valence-electron chi connectivity index (χ3n) is 6.96. The Morgan fingerprint density at radius 2 is 1.74 bits per heavy atom. The number of hydrogen-bond donors (Lipinski definition) is 3. The second-order valence-corrected chi connectivity index (χ2v) is 9.44. The number of hydrogen-bond acceptors (Lipinski definition) is 6. The van der Waals surface area contributed by atoms with Crippen LogP contribution in [0.2, 0.25) is 0 Å². The first kappa shape index (κ1) is 22.6. The number of piperidine rings is 1. The van der Waals surface area contributed by atoms with Crippen LogP contribution in [0.25, 0.3) is 55.8 Å². The van der Waals surface area contributed by atoms with Gasteiger partial charge >= 0.3 is 0 Å². The molecule has 0 atom stereocenters. The zero-order valence-corrected chi connectivity index (χ0v) is 20.4. The van der Waals surface area contributed by atoms with Crippen LogP contribution >= 0.6 is 0 Å². The minimum Gasteiger partial charge on any atom is -0.489 e. The van der Waals surface area contributed by atoms with E-state index in [9.17, 15) is 4.39 Å². The van der Waals surface area contributed by atoms with E-state index in [1.54, 1.807) is 30.7 Å². The molecular formula is C29H24FN7O. The number of aromatic amines is 2. The van der Waals surface area contributed by atoms with Gasteiger partial charge in [0, 0.05) is 34.6 Å². The number of pyridine rings is 2. The van der Waals surface area contributed by atoms with Crippen molar-refractivity contribution < 1.29 is 9.13 Å². The van der Waals surface area contributed by atoms with Gasteiger partial charge in [-0.25, -0.2) is 14.4 Å². The molecule has 38 heavy (non-hydrogen) atoms. The van der Waals surface area contributed by atoms with Crippen LogP contribution in [-0.2, 0) is 0 Å². The van der Waals surface area contributed by atoms with Crippen LogP contribution in [0.5, 0.6) is 5.75 Å². The van der Waals surface area contributed by atoms with Crippen LogP contribution < -0.4 is 10.1 Å². The minimum absolute atomic E-state index is 0.191. The van der Waals surface area contributed by atoms with Crippen molar-refractivity contribution in [2.75, 3.05) is 13.1 Å². The highest BCUT2D eigenvalue weighted by Crippen LogP contribution is 2.33. The molecule has 0 bridgehead atoms. The molecule has 0 spiro atoms. The Balaban J connectivity index is 1.26. The van der Waals surface area contributed by atoms with Gasteiger partial charge in [0.25, 0.3) is 0 Å². The fraction of sp³-hybridized carbons (Fsp3) is 0.172. The number of fused-ring (bicyclic) bond motifs is 2.